The number of rotatable bonds is 2. The van der Waals surface area contributed by atoms with Gasteiger partial charge in [0.1, 0.15) is 0 Å². The number of nitrogens with one attached hydrogen (secondary N) is 1. The van der Waals surface area contributed by atoms with Crippen molar-refractivity contribution < 1.29 is 9.53 Å². The van der Waals surface area contributed by atoms with Crippen LogP contribution in [0.1, 0.15) is 19.4 Å². The van der Waals surface area contributed by atoms with E-state index in [1.807, 2.05) is 19.9 Å². The van der Waals surface area contributed by atoms with Crippen LogP contribution in [0.3, 0.4) is 0 Å². The highest BCUT2D eigenvalue weighted by atomic mass is 16.5. The summed E-state index contributed by atoms with van der Waals surface area (Å²) in [4.78, 5) is 15.8. The number of carbonyl (C=O) groups is 1. The van der Waals surface area contributed by atoms with Gasteiger partial charge in [-0.2, -0.15) is 0 Å². The summed E-state index contributed by atoms with van der Waals surface area (Å²) in [6.45, 7) is 4.37. The average molecular weight is 220 g/mol. The molecule has 1 atom stereocenters. The summed E-state index contributed by atoms with van der Waals surface area (Å²) in [5.74, 6) is -0.226. The fourth-order valence-electron chi connectivity index (χ4n) is 1.83. The molecule has 0 aromatic carbocycles. The molecule has 1 aromatic heterocycles. The predicted molar refractivity (Wildman–Crippen MR) is 61.1 cm³/mol. The van der Waals surface area contributed by atoms with Crippen LogP contribution in [-0.4, -0.2) is 23.6 Å². The second kappa shape index (κ2) is 4.51. The zero-order chi connectivity index (χ0) is 11.5. The van der Waals surface area contributed by atoms with E-state index in [2.05, 4.69) is 10.3 Å². The first-order valence-electron chi connectivity index (χ1n) is 5.54. The van der Waals surface area contributed by atoms with E-state index in [1.54, 1.807) is 12.4 Å². The Morgan fingerprint density at radius 1 is 1.62 bits per heavy atom. The molecule has 0 fully saturated rings. The number of nitrogens with zero attached hydrogens (tertiary/aromatic N) is 1. The lowest BCUT2D eigenvalue weighted by Crippen LogP contribution is -2.32. The Bertz CT molecular complexity index is 390. The van der Waals surface area contributed by atoms with E-state index < -0.39 is 0 Å². The van der Waals surface area contributed by atoms with Crippen LogP contribution in [0.2, 0.25) is 0 Å². The molecule has 1 N–H and O–H groups in total. The van der Waals surface area contributed by atoms with Crippen LogP contribution in [0.15, 0.2) is 18.5 Å². The van der Waals surface area contributed by atoms with Crippen molar-refractivity contribution in [3.8, 4) is 0 Å². The Morgan fingerprint density at radius 3 is 3.19 bits per heavy atom. The van der Waals surface area contributed by atoms with E-state index in [-0.39, 0.29) is 18.0 Å². The fourth-order valence-corrected chi connectivity index (χ4v) is 1.83. The maximum absolute atomic E-state index is 11.7. The number of hydrogen-bond donors (Lipinski definition) is 1. The van der Waals surface area contributed by atoms with Crippen molar-refractivity contribution in [2.45, 2.75) is 26.4 Å². The van der Waals surface area contributed by atoms with Gasteiger partial charge in [0.25, 0.3) is 0 Å². The topological polar surface area (TPSA) is 51.2 Å². The van der Waals surface area contributed by atoms with Crippen LogP contribution in [0.25, 0.3) is 0 Å². The first-order chi connectivity index (χ1) is 7.66. The molecule has 1 aromatic rings. The smallest absolute Gasteiger partial charge is 0.311 e. The van der Waals surface area contributed by atoms with Crippen molar-refractivity contribution >= 4 is 11.7 Å². The summed E-state index contributed by atoms with van der Waals surface area (Å²) in [5, 5.41) is 3.23. The Labute approximate surface area is 95.0 Å². The molecule has 0 saturated carbocycles. The molecule has 4 heteroatoms. The molecule has 86 valence electrons. The minimum atomic E-state index is -0.128. The minimum Gasteiger partial charge on any atom is -0.463 e. The second-order valence-corrected chi connectivity index (χ2v) is 4.30. The quantitative estimate of drug-likeness (QED) is 0.769. The highest BCUT2D eigenvalue weighted by molar-refractivity contribution is 5.75. The van der Waals surface area contributed by atoms with Gasteiger partial charge in [-0.1, -0.05) is 0 Å². The first kappa shape index (κ1) is 10.9. The summed E-state index contributed by atoms with van der Waals surface area (Å²) < 4.78 is 5.21. The van der Waals surface area contributed by atoms with Crippen LogP contribution in [0, 0.1) is 5.92 Å². The third-order valence-corrected chi connectivity index (χ3v) is 2.59. The Morgan fingerprint density at radius 2 is 2.44 bits per heavy atom. The summed E-state index contributed by atoms with van der Waals surface area (Å²) in [7, 11) is 0. The molecule has 16 heavy (non-hydrogen) atoms. The number of hydrogen-bond acceptors (Lipinski definition) is 4. The molecule has 0 spiro atoms. The highest BCUT2D eigenvalue weighted by Gasteiger charge is 2.26. The maximum Gasteiger partial charge on any atom is 0.311 e. The van der Waals surface area contributed by atoms with Gasteiger partial charge in [0.05, 0.1) is 12.0 Å². The SMILES string of the molecule is CC(C)OC(=O)C1CNc2ccncc2C1. The summed E-state index contributed by atoms with van der Waals surface area (Å²) >= 11 is 0. The highest BCUT2D eigenvalue weighted by Crippen LogP contribution is 2.24. The Kier molecular flexibility index (Phi) is 3.08. The largest absolute Gasteiger partial charge is 0.463 e. The van der Waals surface area contributed by atoms with E-state index in [4.69, 9.17) is 4.74 Å². The molecule has 2 heterocycles. The van der Waals surface area contributed by atoms with Crippen molar-refractivity contribution in [1.82, 2.24) is 4.98 Å². The number of anilines is 1. The van der Waals surface area contributed by atoms with Crippen molar-refractivity contribution in [3.05, 3.63) is 24.0 Å². The van der Waals surface area contributed by atoms with Gasteiger partial charge in [-0.25, -0.2) is 0 Å². The molecule has 4 nitrogen and oxygen atoms in total. The summed E-state index contributed by atoms with van der Waals surface area (Å²) in [5.41, 5.74) is 2.16. The van der Waals surface area contributed by atoms with Crippen molar-refractivity contribution in [1.29, 1.82) is 0 Å². The molecule has 0 amide bonds. The third kappa shape index (κ3) is 2.32. The molecule has 0 aliphatic carbocycles. The molecular weight excluding hydrogens is 204 g/mol. The van der Waals surface area contributed by atoms with Crippen molar-refractivity contribution in [2.75, 3.05) is 11.9 Å². The lowest BCUT2D eigenvalue weighted by Gasteiger charge is -2.25. The average Bonchev–Trinajstić information content (AvgIpc) is 2.27. The Balaban J connectivity index is 2.05. The van der Waals surface area contributed by atoms with Crippen LogP contribution >= 0.6 is 0 Å². The Hall–Kier alpha value is -1.58. The fraction of sp³-hybridized carbons (Fsp3) is 0.500. The van der Waals surface area contributed by atoms with Crippen LogP contribution < -0.4 is 5.32 Å². The molecule has 0 radical (unpaired) electrons. The number of ether oxygens (including phenoxy) is 1. The van der Waals surface area contributed by atoms with Gasteiger partial charge in [0.2, 0.25) is 0 Å². The van der Waals surface area contributed by atoms with E-state index >= 15 is 0 Å². The third-order valence-electron chi connectivity index (χ3n) is 2.59. The normalized spacial score (nSPS) is 18.8. The van der Waals surface area contributed by atoms with E-state index in [0.29, 0.717) is 13.0 Å². The van der Waals surface area contributed by atoms with Crippen LogP contribution in [0.4, 0.5) is 5.69 Å². The van der Waals surface area contributed by atoms with Gasteiger partial charge in [-0.3, -0.25) is 9.78 Å². The zero-order valence-electron chi connectivity index (χ0n) is 9.56. The van der Waals surface area contributed by atoms with Gasteiger partial charge in [-0.05, 0) is 31.9 Å². The second-order valence-electron chi connectivity index (χ2n) is 4.30. The van der Waals surface area contributed by atoms with Gasteiger partial charge in [-0.15, -0.1) is 0 Å². The molecular formula is C12H16N2O2. The van der Waals surface area contributed by atoms with Gasteiger partial charge in [0.15, 0.2) is 0 Å². The predicted octanol–water partition coefficient (Wildman–Crippen LogP) is 1.62. The standard InChI is InChI=1S/C12H16N2O2/c1-8(2)16-12(15)10-5-9-6-13-4-3-11(9)14-7-10/h3-4,6,8,10,14H,5,7H2,1-2H3. The van der Waals surface area contributed by atoms with Crippen LogP contribution in [0.5, 0.6) is 0 Å². The number of pyridine rings is 1. The zero-order valence-corrected chi connectivity index (χ0v) is 9.56. The molecule has 1 aliphatic heterocycles. The summed E-state index contributed by atoms with van der Waals surface area (Å²) in [6.07, 6.45) is 4.21. The minimum absolute atomic E-state index is 0.0530. The van der Waals surface area contributed by atoms with Crippen LogP contribution in [-0.2, 0) is 16.0 Å². The van der Waals surface area contributed by atoms with E-state index in [0.717, 1.165) is 11.3 Å². The lowest BCUT2D eigenvalue weighted by molar-refractivity contribution is -0.151. The van der Waals surface area contributed by atoms with Gasteiger partial charge < -0.3 is 10.1 Å². The van der Waals surface area contributed by atoms with E-state index in [9.17, 15) is 4.79 Å². The van der Waals surface area contributed by atoms with E-state index in [1.165, 1.54) is 0 Å². The number of fused-ring (bicyclic) bond motifs is 1. The molecule has 0 saturated heterocycles. The molecule has 1 unspecified atom stereocenters. The number of aromatic nitrogens is 1. The summed E-state index contributed by atoms with van der Waals surface area (Å²) in [6, 6.07) is 1.93. The monoisotopic (exact) mass is 220 g/mol. The molecule has 1 aliphatic rings. The molecule has 2 rings (SSSR count). The first-order valence-corrected chi connectivity index (χ1v) is 5.54. The van der Waals surface area contributed by atoms with Crippen molar-refractivity contribution in [3.63, 3.8) is 0 Å². The van der Waals surface area contributed by atoms with Gasteiger partial charge >= 0.3 is 5.97 Å². The maximum atomic E-state index is 11.7. The lowest BCUT2D eigenvalue weighted by atomic mass is 9.95. The number of carbonyl (C=O) groups excluding carboxylic acids is 1. The van der Waals surface area contributed by atoms with Crippen molar-refractivity contribution in [2.24, 2.45) is 5.92 Å². The molecule has 0 bridgehead atoms. The van der Waals surface area contributed by atoms with Gasteiger partial charge in [0, 0.05) is 24.6 Å². The number of esters is 1.